The second-order valence-corrected chi connectivity index (χ2v) is 6.43. The lowest BCUT2D eigenvalue weighted by atomic mass is 9.94. The van der Waals surface area contributed by atoms with E-state index < -0.39 is 5.41 Å². The Bertz CT molecular complexity index is 534. The maximum atomic E-state index is 12.5. The van der Waals surface area contributed by atoms with E-state index in [9.17, 15) is 9.59 Å². The molecule has 0 unspecified atom stereocenters. The van der Waals surface area contributed by atoms with Crippen molar-refractivity contribution in [2.45, 2.75) is 57.5 Å². The highest BCUT2D eigenvalue weighted by molar-refractivity contribution is 6.07. The lowest BCUT2D eigenvalue weighted by molar-refractivity contribution is -0.137. The summed E-state index contributed by atoms with van der Waals surface area (Å²) in [6.45, 7) is 0.444. The molecule has 5 nitrogen and oxygen atoms in total. The number of carbonyl (C=O) groups excluding carboxylic acids is 2. The molecule has 0 spiro atoms. The molecule has 118 valence electrons. The molecule has 2 saturated carbocycles. The number of hydrogen-bond donors (Lipinski definition) is 2. The van der Waals surface area contributed by atoms with Gasteiger partial charge in [0.05, 0.1) is 0 Å². The number of aromatic nitrogens is 1. The van der Waals surface area contributed by atoms with Crippen molar-refractivity contribution in [3.8, 4) is 0 Å². The lowest BCUT2D eigenvalue weighted by Gasteiger charge is -2.25. The Morgan fingerprint density at radius 2 is 1.77 bits per heavy atom. The highest BCUT2D eigenvalue weighted by atomic mass is 16.2. The number of amides is 2. The maximum absolute atomic E-state index is 12.5. The third-order valence-corrected chi connectivity index (χ3v) is 4.76. The number of pyridine rings is 1. The zero-order valence-corrected chi connectivity index (χ0v) is 12.8. The van der Waals surface area contributed by atoms with Gasteiger partial charge in [0.1, 0.15) is 5.41 Å². The number of rotatable bonds is 5. The van der Waals surface area contributed by atoms with Crippen LogP contribution in [0.4, 0.5) is 0 Å². The van der Waals surface area contributed by atoms with Crippen molar-refractivity contribution in [1.82, 2.24) is 15.6 Å². The van der Waals surface area contributed by atoms with E-state index in [0.29, 0.717) is 19.4 Å². The fourth-order valence-corrected chi connectivity index (χ4v) is 3.10. The van der Waals surface area contributed by atoms with Gasteiger partial charge < -0.3 is 10.6 Å². The molecule has 2 aliphatic rings. The summed E-state index contributed by atoms with van der Waals surface area (Å²) in [6.07, 6.45) is 10.4. The Kier molecular flexibility index (Phi) is 4.41. The monoisotopic (exact) mass is 301 g/mol. The molecule has 1 aromatic heterocycles. The van der Waals surface area contributed by atoms with E-state index in [2.05, 4.69) is 15.6 Å². The minimum absolute atomic E-state index is 0.0772. The fourth-order valence-electron chi connectivity index (χ4n) is 3.10. The molecular weight excluding hydrogens is 278 g/mol. The van der Waals surface area contributed by atoms with Gasteiger partial charge in [0.25, 0.3) is 0 Å². The molecule has 2 amide bonds. The molecule has 3 rings (SSSR count). The molecule has 0 radical (unpaired) electrons. The molecule has 0 bridgehead atoms. The summed E-state index contributed by atoms with van der Waals surface area (Å²) >= 11 is 0. The van der Waals surface area contributed by atoms with Crippen LogP contribution >= 0.6 is 0 Å². The van der Waals surface area contributed by atoms with Crippen LogP contribution in [-0.4, -0.2) is 22.8 Å². The van der Waals surface area contributed by atoms with E-state index in [1.165, 1.54) is 19.3 Å². The third-order valence-electron chi connectivity index (χ3n) is 4.76. The highest BCUT2D eigenvalue weighted by Crippen LogP contribution is 2.46. The molecule has 1 aromatic rings. The summed E-state index contributed by atoms with van der Waals surface area (Å²) in [5.41, 5.74) is 0.177. The SMILES string of the molecule is O=C(NCc1ccncc1)C1(C(=O)NC2CCCCC2)CC1. The summed E-state index contributed by atoms with van der Waals surface area (Å²) in [5, 5.41) is 5.98. The Balaban J connectivity index is 1.53. The topological polar surface area (TPSA) is 71.1 Å². The Hall–Kier alpha value is -1.91. The largest absolute Gasteiger partial charge is 0.352 e. The van der Waals surface area contributed by atoms with Gasteiger partial charge in [-0.15, -0.1) is 0 Å². The normalized spacial score (nSPS) is 20.2. The van der Waals surface area contributed by atoms with Crippen molar-refractivity contribution < 1.29 is 9.59 Å². The maximum Gasteiger partial charge on any atom is 0.235 e. The van der Waals surface area contributed by atoms with Crippen LogP contribution in [0.15, 0.2) is 24.5 Å². The predicted molar refractivity (Wildman–Crippen MR) is 82.8 cm³/mol. The number of nitrogens with one attached hydrogen (secondary N) is 2. The van der Waals surface area contributed by atoms with Crippen LogP contribution in [0, 0.1) is 5.41 Å². The summed E-state index contributed by atoms with van der Waals surface area (Å²) in [5.74, 6) is -0.218. The Morgan fingerprint density at radius 3 is 2.41 bits per heavy atom. The number of carbonyl (C=O) groups is 2. The van der Waals surface area contributed by atoms with Gasteiger partial charge in [0, 0.05) is 25.0 Å². The van der Waals surface area contributed by atoms with Crippen LogP contribution in [0.5, 0.6) is 0 Å². The number of nitrogens with zero attached hydrogens (tertiary/aromatic N) is 1. The van der Waals surface area contributed by atoms with E-state index in [4.69, 9.17) is 0 Å². The van der Waals surface area contributed by atoms with Gasteiger partial charge in [-0.3, -0.25) is 14.6 Å². The van der Waals surface area contributed by atoms with Crippen LogP contribution in [-0.2, 0) is 16.1 Å². The molecule has 0 saturated heterocycles. The van der Waals surface area contributed by atoms with Crippen LogP contribution in [0.3, 0.4) is 0 Å². The fraction of sp³-hybridized carbons (Fsp3) is 0.588. The van der Waals surface area contributed by atoms with Crippen molar-refractivity contribution in [3.63, 3.8) is 0 Å². The van der Waals surface area contributed by atoms with Crippen LogP contribution in [0.2, 0.25) is 0 Å². The second-order valence-electron chi connectivity index (χ2n) is 6.43. The smallest absolute Gasteiger partial charge is 0.235 e. The van der Waals surface area contributed by atoms with E-state index in [1.807, 2.05) is 12.1 Å². The van der Waals surface area contributed by atoms with Crippen molar-refractivity contribution in [2.75, 3.05) is 0 Å². The van der Waals surface area contributed by atoms with Crippen LogP contribution in [0.1, 0.15) is 50.5 Å². The van der Waals surface area contributed by atoms with Crippen LogP contribution in [0.25, 0.3) is 0 Å². The zero-order valence-electron chi connectivity index (χ0n) is 12.8. The van der Waals surface area contributed by atoms with E-state index in [1.54, 1.807) is 12.4 Å². The quantitative estimate of drug-likeness (QED) is 0.816. The average molecular weight is 301 g/mol. The summed E-state index contributed by atoms with van der Waals surface area (Å²) in [6, 6.07) is 3.98. The van der Waals surface area contributed by atoms with E-state index in [-0.39, 0.29) is 17.9 Å². The van der Waals surface area contributed by atoms with Gasteiger partial charge in [-0.1, -0.05) is 19.3 Å². The summed E-state index contributed by atoms with van der Waals surface area (Å²) in [7, 11) is 0. The molecule has 0 atom stereocenters. The third kappa shape index (κ3) is 3.29. The van der Waals surface area contributed by atoms with Gasteiger partial charge in [-0.2, -0.15) is 0 Å². The highest BCUT2D eigenvalue weighted by Gasteiger charge is 2.56. The summed E-state index contributed by atoms with van der Waals surface area (Å²) < 4.78 is 0. The first-order chi connectivity index (χ1) is 10.7. The minimum atomic E-state index is -0.815. The molecule has 5 heteroatoms. The van der Waals surface area contributed by atoms with Gasteiger partial charge in [-0.05, 0) is 43.4 Å². The van der Waals surface area contributed by atoms with Crippen LogP contribution < -0.4 is 10.6 Å². The molecule has 1 heterocycles. The lowest BCUT2D eigenvalue weighted by Crippen LogP contribution is -2.46. The zero-order chi connectivity index (χ0) is 15.4. The molecule has 22 heavy (non-hydrogen) atoms. The second kappa shape index (κ2) is 6.46. The van der Waals surface area contributed by atoms with E-state index in [0.717, 1.165) is 18.4 Å². The van der Waals surface area contributed by atoms with Gasteiger partial charge >= 0.3 is 0 Å². The molecule has 2 aliphatic carbocycles. The predicted octanol–water partition coefficient (Wildman–Crippen LogP) is 1.93. The Morgan fingerprint density at radius 1 is 1.09 bits per heavy atom. The van der Waals surface area contributed by atoms with Gasteiger partial charge in [-0.25, -0.2) is 0 Å². The van der Waals surface area contributed by atoms with Gasteiger partial charge in [0.15, 0.2) is 0 Å². The first-order valence-electron chi connectivity index (χ1n) is 8.19. The van der Waals surface area contributed by atoms with Crippen molar-refractivity contribution in [1.29, 1.82) is 0 Å². The first-order valence-corrected chi connectivity index (χ1v) is 8.19. The number of hydrogen-bond acceptors (Lipinski definition) is 3. The van der Waals surface area contributed by atoms with E-state index >= 15 is 0 Å². The van der Waals surface area contributed by atoms with Crippen molar-refractivity contribution in [2.24, 2.45) is 5.41 Å². The molecule has 0 aliphatic heterocycles. The summed E-state index contributed by atoms with van der Waals surface area (Å²) in [4.78, 5) is 28.8. The average Bonchev–Trinajstić information content (AvgIpc) is 3.36. The van der Waals surface area contributed by atoms with Gasteiger partial charge in [0.2, 0.25) is 11.8 Å². The Labute approximate surface area is 130 Å². The molecule has 0 aromatic carbocycles. The molecule has 2 fully saturated rings. The standard InChI is InChI=1S/C17H23N3O2/c21-15(19-12-13-6-10-18-11-7-13)17(8-9-17)16(22)20-14-4-2-1-3-5-14/h6-7,10-11,14H,1-5,8-9,12H2,(H,19,21)(H,20,22). The molecular formula is C17H23N3O2. The van der Waals surface area contributed by atoms with Crippen molar-refractivity contribution >= 4 is 11.8 Å². The van der Waals surface area contributed by atoms with Crippen molar-refractivity contribution in [3.05, 3.63) is 30.1 Å². The first kappa shape index (κ1) is 15.0. The minimum Gasteiger partial charge on any atom is -0.352 e. The molecule has 2 N–H and O–H groups in total.